The minimum Gasteiger partial charge on any atom is -0.478 e. The van der Waals surface area contributed by atoms with E-state index in [-0.39, 0.29) is 5.56 Å². The first kappa shape index (κ1) is 16.0. The third kappa shape index (κ3) is 2.96. The number of nitrogens with zero attached hydrogens (tertiary/aromatic N) is 4. The molecule has 0 fully saturated rings. The van der Waals surface area contributed by atoms with Crippen molar-refractivity contribution in [1.29, 1.82) is 0 Å². The summed E-state index contributed by atoms with van der Waals surface area (Å²) in [6.07, 6.45) is 1.60. The molecule has 0 radical (unpaired) electrons. The second-order valence-corrected chi connectivity index (χ2v) is 5.83. The van der Waals surface area contributed by atoms with Gasteiger partial charge in [0.25, 0.3) is 0 Å². The van der Waals surface area contributed by atoms with Crippen LogP contribution in [-0.4, -0.2) is 30.8 Å². The summed E-state index contributed by atoms with van der Waals surface area (Å²) in [5, 5.41) is 17.3. The molecule has 0 amide bonds. The highest BCUT2D eigenvalue weighted by Gasteiger charge is 2.13. The zero-order valence-electron chi connectivity index (χ0n) is 13.3. The third-order valence-electron chi connectivity index (χ3n) is 3.77. The van der Waals surface area contributed by atoms with Gasteiger partial charge in [-0.2, -0.15) is 10.1 Å². The Bertz CT molecular complexity index is 1090. The minimum absolute atomic E-state index is 0.209. The number of carbonyl (C=O) groups is 1. The van der Waals surface area contributed by atoms with Crippen molar-refractivity contribution in [2.75, 3.05) is 5.32 Å². The van der Waals surface area contributed by atoms with Crippen LogP contribution in [0.15, 0.2) is 60.8 Å². The number of hydrogen-bond donors (Lipinski definition) is 2. The molecule has 0 saturated carbocycles. The number of halogens is 1. The smallest absolute Gasteiger partial charge is 0.335 e. The molecule has 7 nitrogen and oxygen atoms in total. The summed E-state index contributed by atoms with van der Waals surface area (Å²) >= 11 is 6.20. The Kier molecular flexibility index (Phi) is 3.98. The number of aromatic carboxylic acids is 1. The molecule has 0 spiro atoms. The van der Waals surface area contributed by atoms with Gasteiger partial charge in [0.2, 0.25) is 5.95 Å². The summed E-state index contributed by atoms with van der Waals surface area (Å²) in [4.78, 5) is 19.7. The molecule has 0 saturated heterocycles. The second kappa shape index (κ2) is 6.45. The topological polar surface area (TPSA) is 92.9 Å². The van der Waals surface area contributed by atoms with Gasteiger partial charge in [-0.05, 0) is 36.4 Å². The van der Waals surface area contributed by atoms with Gasteiger partial charge in [0.15, 0.2) is 10.8 Å². The Labute approximate surface area is 152 Å². The number of fused-ring (bicyclic) bond motifs is 1. The first-order valence-corrected chi connectivity index (χ1v) is 8.07. The van der Waals surface area contributed by atoms with E-state index in [1.54, 1.807) is 23.0 Å². The highest BCUT2D eigenvalue weighted by Crippen LogP contribution is 2.25. The van der Waals surface area contributed by atoms with Gasteiger partial charge >= 0.3 is 5.97 Å². The molecule has 4 aromatic rings. The highest BCUT2D eigenvalue weighted by atomic mass is 35.5. The maximum absolute atomic E-state index is 10.9. The number of hydrogen-bond acceptors (Lipinski definition) is 5. The van der Waals surface area contributed by atoms with E-state index in [1.165, 1.54) is 12.1 Å². The van der Waals surface area contributed by atoms with E-state index < -0.39 is 5.97 Å². The SMILES string of the molecule is O=C(O)c1ccc(Nc2ncc3c(Cl)nn(-c4ccccc4)c3n2)cc1. The Hall–Kier alpha value is -3.45. The van der Waals surface area contributed by atoms with Gasteiger partial charge in [-0.15, -0.1) is 0 Å². The summed E-state index contributed by atoms with van der Waals surface area (Å²) in [5.74, 6) is -0.620. The summed E-state index contributed by atoms with van der Waals surface area (Å²) in [7, 11) is 0. The predicted molar refractivity (Wildman–Crippen MR) is 98.4 cm³/mol. The van der Waals surface area contributed by atoms with E-state index in [9.17, 15) is 4.79 Å². The van der Waals surface area contributed by atoms with E-state index in [0.717, 1.165) is 5.69 Å². The maximum atomic E-state index is 10.9. The van der Waals surface area contributed by atoms with E-state index in [1.807, 2.05) is 30.3 Å². The maximum Gasteiger partial charge on any atom is 0.335 e. The second-order valence-electron chi connectivity index (χ2n) is 5.48. The first-order valence-electron chi connectivity index (χ1n) is 7.69. The molecular weight excluding hydrogens is 354 g/mol. The molecule has 0 atom stereocenters. The van der Waals surface area contributed by atoms with Crippen molar-refractivity contribution in [2.45, 2.75) is 0 Å². The summed E-state index contributed by atoms with van der Waals surface area (Å²) in [6, 6.07) is 15.9. The van der Waals surface area contributed by atoms with Crippen molar-refractivity contribution in [3.05, 3.63) is 71.5 Å². The van der Waals surface area contributed by atoms with Crippen LogP contribution < -0.4 is 5.32 Å². The molecule has 0 aliphatic heterocycles. The van der Waals surface area contributed by atoms with Crippen LogP contribution in [0.5, 0.6) is 0 Å². The van der Waals surface area contributed by atoms with Crippen LogP contribution >= 0.6 is 11.6 Å². The van der Waals surface area contributed by atoms with E-state index in [2.05, 4.69) is 20.4 Å². The van der Waals surface area contributed by atoms with Crippen molar-refractivity contribution in [3.8, 4) is 5.69 Å². The zero-order chi connectivity index (χ0) is 18.1. The standard InChI is InChI=1S/C18H12ClN5O2/c19-15-14-10-20-18(21-12-8-6-11(7-9-12)17(25)26)22-16(14)24(23-15)13-4-2-1-3-5-13/h1-10H,(H,25,26)(H,20,21,22). The Morgan fingerprint density at radius 2 is 1.81 bits per heavy atom. The minimum atomic E-state index is -0.976. The number of rotatable bonds is 4. The van der Waals surface area contributed by atoms with E-state index in [0.29, 0.717) is 27.8 Å². The molecular formula is C18H12ClN5O2. The molecule has 26 heavy (non-hydrogen) atoms. The number of anilines is 2. The van der Waals surface area contributed by atoms with Crippen LogP contribution in [0.4, 0.5) is 11.6 Å². The van der Waals surface area contributed by atoms with Crippen molar-refractivity contribution in [1.82, 2.24) is 19.7 Å². The van der Waals surface area contributed by atoms with E-state index in [4.69, 9.17) is 16.7 Å². The Balaban J connectivity index is 1.72. The molecule has 0 bridgehead atoms. The highest BCUT2D eigenvalue weighted by molar-refractivity contribution is 6.34. The van der Waals surface area contributed by atoms with Crippen molar-refractivity contribution < 1.29 is 9.90 Å². The number of carboxylic acid groups (broad SMARTS) is 1. The molecule has 128 valence electrons. The fourth-order valence-electron chi connectivity index (χ4n) is 2.50. The summed E-state index contributed by atoms with van der Waals surface area (Å²) < 4.78 is 1.65. The fraction of sp³-hybridized carbons (Fsp3) is 0. The number of nitrogens with one attached hydrogen (secondary N) is 1. The van der Waals surface area contributed by atoms with Gasteiger partial charge in [-0.1, -0.05) is 29.8 Å². The summed E-state index contributed by atoms with van der Waals surface area (Å²) in [6.45, 7) is 0. The average molecular weight is 366 g/mol. The Morgan fingerprint density at radius 3 is 2.50 bits per heavy atom. The van der Waals surface area contributed by atoms with Gasteiger partial charge in [0, 0.05) is 11.9 Å². The molecule has 0 unspecified atom stereocenters. The summed E-state index contributed by atoms with van der Waals surface area (Å²) in [5.41, 5.74) is 2.28. The van der Waals surface area contributed by atoms with Crippen LogP contribution in [0.2, 0.25) is 5.15 Å². The van der Waals surface area contributed by atoms with Gasteiger partial charge in [0.05, 0.1) is 16.6 Å². The lowest BCUT2D eigenvalue weighted by Gasteiger charge is -2.06. The van der Waals surface area contributed by atoms with Crippen LogP contribution in [-0.2, 0) is 0 Å². The number of aromatic nitrogens is 4. The molecule has 4 rings (SSSR count). The third-order valence-corrected chi connectivity index (χ3v) is 4.05. The molecule has 2 heterocycles. The van der Waals surface area contributed by atoms with Crippen LogP contribution in [0.3, 0.4) is 0 Å². The van der Waals surface area contributed by atoms with Gasteiger partial charge in [-0.3, -0.25) is 0 Å². The molecule has 0 aliphatic carbocycles. The van der Waals surface area contributed by atoms with Crippen LogP contribution in [0.25, 0.3) is 16.7 Å². The number of para-hydroxylation sites is 1. The largest absolute Gasteiger partial charge is 0.478 e. The fourth-order valence-corrected chi connectivity index (χ4v) is 2.71. The lowest BCUT2D eigenvalue weighted by atomic mass is 10.2. The lowest BCUT2D eigenvalue weighted by molar-refractivity contribution is 0.0697. The number of carboxylic acids is 1. The normalized spacial score (nSPS) is 10.8. The first-order chi connectivity index (χ1) is 12.6. The molecule has 8 heteroatoms. The van der Waals surface area contributed by atoms with E-state index >= 15 is 0 Å². The number of benzene rings is 2. The zero-order valence-corrected chi connectivity index (χ0v) is 14.1. The lowest BCUT2D eigenvalue weighted by Crippen LogP contribution is -2.01. The van der Waals surface area contributed by atoms with Crippen LogP contribution in [0.1, 0.15) is 10.4 Å². The van der Waals surface area contributed by atoms with Gasteiger partial charge in [0.1, 0.15) is 0 Å². The quantitative estimate of drug-likeness (QED) is 0.569. The van der Waals surface area contributed by atoms with Gasteiger partial charge in [-0.25, -0.2) is 14.5 Å². The Morgan fingerprint density at radius 1 is 1.08 bits per heavy atom. The monoisotopic (exact) mass is 365 g/mol. The molecule has 2 aromatic heterocycles. The predicted octanol–water partition coefficient (Wildman–Crippen LogP) is 3.91. The van der Waals surface area contributed by atoms with Crippen molar-refractivity contribution >= 4 is 40.2 Å². The van der Waals surface area contributed by atoms with Crippen molar-refractivity contribution in [2.24, 2.45) is 0 Å². The van der Waals surface area contributed by atoms with Gasteiger partial charge < -0.3 is 10.4 Å². The average Bonchev–Trinajstić information content (AvgIpc) is 2.99. The molecule has 2 aromatic carbocycles. The van der Waals surface area contributed by atoms with Crippen LogP contribution in [0, 0.1) is 0 Å². The molecule has 2 N–H and O–H groups in total. The molecule has 0 aliphatic rings. The van der Waals surface area contributed by atoms with Crippen molar-refractivity contribution in [3.63, 3.8) is 0 Å².